The van der Waals surface area contributed by atoms with E-state index in [1.165, 1.54) is 0 Å². The smallest absolute Gasteiger partial charge is 0.314 e. The summed E-state index contributed by atoms with van der Waals surface area (Å²) in [7, 11) is 0. The number of hydrogen-bond acceptors (Lipinski definition) is 3. The second-order valence-electron chi connectivity index (χ2n) is 1.18. The second kappa shape index (κ2) is 4.35. The molecule has 2 amide bonds. The molecular formula is C3H12N4O. The molecule has 0 aromatic rings. The third-order valence-corrected chi connectivity index (χ3v) is 0.696. The standard InChI is InChI=1S/C3H6N2O.2H3N/c6-3-4-1-2-5-3;;/h1-2H2,(H2,4,5,6);2*1H3. The molecule has 1 aliphatic rings. The molecule has 1 fully saturated rings. The molecule has 0 aromatic heterocycles. The van der Waals surface area contributed by atoms with E-state index >= 15 is 0 Å². The second-order valence-corrected chi connectivity index (χ2v) is 1.18. The predicted molar refractivity (Wildman–Crippen MR) is 31.4 cm³/mol. The van der Waals surface area contributed by atoms with E-state index in [0.29, 0.717) is 0 Å². The Bertz CT molecular complexity index is 65.7. The van der Waals surface area contributed by atoms with Crippen LogP contribution in [0.15, 0.2) is 0 Å². The van der Waals surface area contributed by atoms with E-state index in [4.69, 9.17) is 0 Å². The van der Waals surface area contributed by atoms with Crippen LogP contribution >= 0.6 is 0 Å². The van der Waals surface area contributed by atoms with Crippen LogP contribution in [0.2, 0.25) is 0 Å². The van der Waals surface area contributed by atoms with Gasteiger partial charge in [-0.2, -0.15) is 0 Å². The first-order chi connectivity index (χ1) is 2.89. The zero-order valence-electron chi connectivity index (χ0n) is 4.74. The van der Waals surface area contributed by atoms with Gasteiger partial charge in [-0.25, -0.2) is 4.79 Å². The molecule has 8 heavy (non-hydrogen) atoms. The number of rotatable bonds is 0. The first kappa shape index (κ1) is 10.2. The lowest BCUT2D eigenvalue weighted by Crippen LogP contribution is -2.20. The van der Waals surface area contributed by atoms with Crippen LogP contribution in [0.1, 0.15) is 0 Å². The van der Waals surface area contributed by atoms with E-state index in [0.717, 1.165) is 13.1 Å². The van der Waals surface area contributed by atoms with Gasteiger partial charge in [0.2, 0.25) is 0 Å². The van der Waals surface area contributed by atoms with E-state index in [1.54, 1.807) is 0 Å². The van der Waals surface area contributed by atoms with Crippen molar-refractivity contribution in [3.63, 3.8) is 0 Å². The molecular weight excluding hydrogens is 108 g/mol. The van der Waals surface area contributed by atoms with E-state index in [9.17, 15) is 4.79 Å². The van der Waals surface area contributed by atoms with Crippen LogP contribution in [0.4, 0.5) is 4.79 Å². The minimum absolute atomic E-state index is 0. The number of amides is 2. The first-order valence-corrected chi connectivity index (χ1v) is 1.91. The maximum atomic E-state index is 10.0. The Hall–Kier alpha value is -0.810. The first-order valence-electron chi connectivity index (χ1n) is 1.91. The molecule has 8 N–H and O–H groups in total. The number of carbonyl (C=O) groups is 1. The third kappa shape index (κ3) is 2.38. The van der Waals surface area contributed by atoms with E-state index in [2.05, 4.69) is 10.6 Å². The van der Waals surface area contributed by atoms with Crippen molar-refractivity contribution in [3.8, 4) is 0 Å². The Labute approximate surface area is 48.0 Å². The summed E-state index contributed by atoms with van der Waals surface area (Å²) >= 11 is 0. The zero-order chi connectivity index (χ0) is 4.41. The summed E-state index contributed by atoms with van der Waals surface area (Å²) in [6, 6.07) is -0.0463. The van der Waals surface area contributed by atoms with Gasteiger partial charge in [-0.05, 0) is 0 Å². The number of nitrogens with one attached hydrogen (secondary N) is 2. The van der Waals surface area contributed by atoms with Crippen LogP contribution < -0.4 is 22.9 Å². The zero-order valence-corrected chi connectivity index (χ0v) is 4.74. The fourth-order valence-electron chi connectivity index (χ4n) is 0.415. The highest BCUT2D eigenvalue weighted by atomic mass is 16.2. The highest BCUT2D eigenvalue weighted by Crippen LogP contribution is 1.69. The molecule has 1 aliphatic heterocycles. The normalized spacial score (nSPS) is 14.8. The fraction of sp³-hybridized carbons (Fsp3) is 0.667. The molecule has 5 nitrogen and oxygen atoms in total. The summed E-state index contributed by atoms with van der Waals surface area (Å²) in [5, 5.41) is 5.14. The Kier molecular flexibility index (Phi) is 5.56. The van der Waals surface area contributed by atoms with Crippen molar-refractivity contribution in [2.24, 2.45) is 0 Å². The minimum atomic E-state index is -0.0463. The fourth-order valence-corrected chi connectivity index (χ4v) is 0.415. The van der Waals surface area contributed by atoms with Crippen LogP contribution in [-0.4, -0.2) is 19.1 Å². The quantitative estimate of drug-likeness (QED) is 0.349. The van der Waals surface area contributed by atoms with E-state index in [-0.39, 0.29) is 18.3 Å². The predicted octanol–water partition coefficient (Wildman–Crippen LogP) is -0.377. The van der Waals surface area contributed by atoms with Gasteiger partial charge in [-0.15, -0.1) is 0 Å². The third-order valence-electron chi connectivity index (χ3n) is 0.696. The van der Waals surface area contributed by atoms with E-state index in [1.807, 2.05) is 0 Å². The molecule has 1 saturated heterocycles. The Morgan fingerprint density at radius 3 is 1.62 bits per heavy atom. The lowest BCUT2D eigenvalue weighted by Gasteiger charge is -1.80. The number of urea groups is 1. The highest BCUT2D eigenvalue weighted by Gasteiger charge is 2.02. The Balaban J connectivity index is 0. The van der Waals surface area contributed by atoms with Gasteiger partial charge < -0.3 is 22.9 Å². The maximum Gasteiger partial charge on any atom is 0.314 e. The van der Waals surface area contributed by atoms with Crippen molar-refractivity contribution in [1.29, 1.82) is 0 Å². The average Bonchev–Trinajstić information content (AvgIpc) is 1.86. The maximum absolute atomic E-state index is 10.0. The summed E-state index contributed by atoms with van der Waals surface area (Å²) in [5.74, 6) is 0. The van der Waals surface area contributed by atoms with Gasteiger partial charge >= 0.3 is 6.03 Å². The molecule has 1 rings (SSSR count). The largest absolute Gasteiger partial charge is 0.344 e. The van der Waals surface area contributed by atoms with Crippen LogP contribution in [-0.2, 0) is 0 Å². The van der Waals surface area contributed by atoms with Crippen molar-refractivity contribution in [3.05, 3.63) is 0 Å². The van der Waals surface area contributed by atoms with Gasteiger partial charge in [0.25, 0.3) is 0 Å². The molecule has 1 heterocycles. The van der Waals surface area contributed by atoms with Crippen molar-refractivity contribution < 1.29 is 4.79 Å². The topological polar surface area (TPSA) is 111 Å². The molecule has 0 radical (unpaired) electrons. The van der Waals surface area contributed by atoms with Crippen LogP contribution in [0.5, 0.6) is 0 Å². The summed E-state index contributed by atoms with van der Waals surface area (Å²) in [6.45, 7) is 1.55. The molecule has 0 aliphatic carbocycles. The van der Waals surface area contributed by atoms with Gasteiger partial charge in [0, 0.05) is 13.1 Å². The molecule has 0 atom stereocenters. The molecule has 0 bridgehead atoms. The van der Waals surface area contributed by atoms with Crippen molar-refractivity contribution in [1.82, 2.24) is 22.9 Å². The van der Waals surface area contributed by atoms with Crippen molar-refractivity contribution in [2.75, 3.05) is 13.1 Å². The van der Waals surface area contributed by atoms with Gasteiger partial charge in [0.05, 0.1) is 0 Å². The average molecular weight is 120 g/mol. The summed E-state index contributed by atoms with van der Waals surface area (Å²) in [4.78, 5) is 10.0. The van der Waals surface area contributed by atoms with Crippen LogP contribution in [0.3, 0.4) is 0 Å². The molecule has 5 heteroatoms. The highest BCUT2D eigenvalue weighted by molar-refractivity contribution is 5.75. The van der Waals surface area contributed by atoms with E-state index < -0.39 is 0 Å². The van der Waals surface area contributed by atoms with Crippen LogP contribution in [0, 0.1) is 0 Å². The Morgan fingerprint density at radius 2 is 1.50 bits per heavy atom. The monoisotopic (exact) mass is 120 g/mol. The Morgan fingerprint density at radius 1 is 1.12 bits per heavy atom. The lowest BCUT2D eigenvalue weighted by molar-refractivity contribution is 0.248. The van der Waals surface area contributed by atoms with Crippen molar-refractivity contribution in [2.45, 2.75) is 0 Å². The van der Waals surface area contributed by atoms with Crippen LogP contribution in [0.25, 0.3) is 0 Å². The summed E-state index contributed by atoms with van der Waals surface area (Å²) in [6.07, 6.45) is 0. The molecule has 0 saturated carbocycles. The summed E-state index contributed by atoms with van der Waals surface area (Å²) in [5.41, 5.74) is 0. The molecule has 0 unspecified atom stereocenters. The number of carbonyl (C=O) groups excluding carboxylic acids is 1. The van der Waals surface area contributed by atoms with Gasteiger partial charge in [0.1, 0.15) is 0 Å². The molecule has 0 aromatic carbocycles. The molecule has 50 valence electrons. The minimum Gasteiger partial charge on any atom is -0.344 e. The van der Waals surface area contributed by atoms with Gasteiger partial charge in [-0.1, -0.05) is 0 Å². The van der Waals surface area contributed by atoms with Gasteiger partial charge in [0.15, 0.2) is 0 Å². The van der Waals surface area contributed by atoms with Gasteiger partial charge in [-0.3, -0.25) is 0 Å². The van der Waals surface area contributed by atoms with Crippen molar-refractivity contribution >= 4 is 6.03 Å². The number of hydrogen-bond donors (Lipinski definition) is 4. The SMILES string of the molecule is N.N.O=C1NCCN1. The lowest BCUT2D eigenvalue weighted by atomic mass is 10.7. The molecule has 0 spiro atoms. The summed E-state index contributed by atoms with van der Waals surface area (Å²) < 4.78 is 0.